The van der Waals surface area contributed by atoms with E-state index in [1.54, 1.807) is 13.8 Å². The molecule has 0 spiro atoms. The van der Waals surface area contributed by atoms with Crippen LogP contribution in [0.3, 0.4) is 0 Å². The number of fused-ring (bicyclic) bond motifs is 1. The Morgan fingerprint density at radius 3 is 2.44 bits per heavy atom. The highest BCUT2D eigenvalue weighted by Gasteiger charge is 2.17. The van der Waals surface area contributed by atoms with Crippen LogP contribution in [0.1, 0.15) is 28.2 Å². The van der Waals surface area contributed by atoms with Gasteiger partial charge in [-0.05, 0) is 45.7 Å². The topological polar surface area (TPSA) is 90.0 Å². The SMILES string of the molecule is Cc1cc(C)c(NC(=O)Cn2c(C)nc3onc(C)c3c2=O)c(C)c1. The van der Waals surface area contributed by atoms with E-state index in [2.05, 4.69) is 15.5 Å². The molecule has 0 aliphatic carbocycles. The molecule has 0 aliphatic heterocycles. The summed E-state index contributed by atoms with van der Waals surface area (Å²) in [6.07, 6.45) is 0. The molecule has 2 aromatic heterocycles. The van der Waals surface area contributed by atoms with Crippen molar-refractivity contribution in [2.45, 2.75) is 41.2 Å². The molecular formula is C18H20N4O3. The van der Waals surface area contributed by atoms with Crippen LogP contribution in [0.4, 0.5) is 5.69 Å². The van der Waals surface area contributed by atoms with E-state index < -0.39 is 0 Å². The summed E-state index contributed by atoms with van der Waals surface area (Å²) in [5, 5.41) is 6.97. The Morgan fingerprint density at radius 2 is 1.80 bits per heavy atom. The number of carbonyl (C=O) groups is 1. The average Bonchev–Trinajstić information content (AvgIpc) is 2.88. The third-order valence-electron chi connectivity index (χ3n) is 4.20. The van der Waals surface area contributed by atoms with Gasteiger partial charge in [-0.15, -0.1) is 0 Å². The van der Waals surface area contributed by atoms with Crippen LogP contribution < -0.4 is 10.9 Å². The van der Waals surface area contributed by atoms with Gasteiger partial charge in [-0.3, -0.25) is 14.2 Å². The summed E-state index contributed by atoms with van der Waals surface area (Å²) >= 11 is 0. The van der Waals surface area contributed by atoms with Crippen LogP contribution in [0, 0.1) is 34.6 Å². The third-order valence-corrected chi connectivity index (χ3v) is 4.20. The summed E-state index contributed by atoms with van der Waals surface area (Å²) in [5.41, 5.74) is 4.22. The first kappa shape index (κ1) is 16.9. The van der Waals surface area contributed by atoms with Crippen molar-refractivity contribution in [3.63, 3.8) is 0 Å². The van der Waals surface area contributed by atoms with E-state index in [0.29, 0.717) is 16.9 Å². The van der Waals surface area contributed by atoms with E-state index in [-0.39, 0.29) is 23.7 Å². The summed E-state index contributed by atoms with van der Waals surface area (Å²) in [6.45, 7) is 9.12. The number of hydrogen-bond donors (Lipinski definition) is 1. The first-order chi connectivity index (χ1) is 11.8. The number of amides is 1. The molecule has 3 rings (SSSR count). The Kier molecular flexibility index (Phi) is 4.16. The largest absolute Gasteiger partial charge is 0.335 e. The van der Waals surface area contributed by atoms with E-state index in [9.17, 15) is 9.59 Å². The second-order valence-electron chi connectivity index (χ2n) is 6.32. The minimum Gasteiger partial charge on any atom is -0.335 e. The van der Waals surface area contributed by atoms with Gasteiger partial charge in [0.05, 0.1) is 5.69 Å². The van der Waals surface area contributed by atoms with E-state index in [1.807, 2.05) is 32.9 Å². The highest BCUT2D eigenvalue weighted by atomic mass is 16.5. The fourth-order valence-corrected chi connectivity index (χ4v) is 3.06. The lowest BCUT2D eigenvalue weighted by atomic mass is 10.1. The van der Waals surface area contributed by atoms with Crippen molar-refractivity contribution in [1.82, 2.24) is 14.7 Å². The summed E-state index contributed by atoms with van der Waals surface area (Å²) in [4.78, 5) is 29.4. The molecule has 1 N–H and O–H groups in total. The van der Waals surface area contributed by atoms with E-state index in [1.165, 1.54) is 4.57 Å². The Labute approximate surface area is 144 Å². The van der Waals surface area contributed by atoms with Crippen molar-refractivity contribution < 1.29 is 9.32 Å². The van der Waals surface area contributed by atoms with Gasteiger partial charge in [0.2, 0.25) is 5.91 Å². The number of aryl methyl sites for hydroxylation is 5. The van der Waals surface area contributed by atoms with Gasteiger partial charge >= 0.3 is 0 Å². The lowest BCUT2D eigenvalue weighted by molar-refractivity contribution is -0.116. The van der Waals surface area contributed by atoms with E-state index >= 15 is 0 Å². The summed E-state index contributed by atoms with van der Waals surface area (Å²) in [6, 6.07) is 4.02. The van der Waals surface area contributed by atoms with Crippen molar-refractivity contribution in [1.29, 1.82) is 0 Å². The maximum absolute atomic E-state index is 12.6. The third kappa shape index (κ3) is 3.05. The lowest BCUT2D eigenvalue weighted by Crippen LogP contribution is -2.30. The van der Waals surface area contributed by atoms with E-state index in [0.717, 1.165) is 22.4 Å². The van der Waals surface area contributed by atoms with Crippen LogP contribution in [0.15, 0.2) is 21.5 Å². The van der Waals surface area contributed by atoms with E-state index in [4.69, 9.17) is 4.52 Å². The van der Waals surface area contributed by atoms with Crippen LogP contribution in [-0.4, -0.2) is 20.6 Å². The number of aromatic nitrogens is 3. The Balaban J connectivity index is 1.93. The molecular weight excluding hydrogens is 320 g/mol. The summed E-state index contributed by atoms with van der Waals surface area (Å²) in [5.74, 6) is 0.122. The number of nitrogens with one attached hydrogen (secondary N) is 1. The molecule has 0 atom stereocenters. The highest BCUT2D eigenvalue weighted by Crippen LogP contribution is 2.22. The zero-order valence-electron chi connectivity index (χ0n) is 14.9. The van der Waals surface area contributed by atoms with Crippen molar-refractivity contribution in [3.05, 3.63) is 50.7 Å². The molecule has 1 amide bonds. The lowest BCUT2D eigenvalue weighted by Gasteiger charge is -2.14. The smallest absolute Gasteiger partial charge is 0.267 e. The molecule has 0 unspecified atom stereocenters. The maximum Gasteiger partial charge on any atom is 0.267 e. The van der Waals surface area contributed by atoms with Gasteiger partial charge in [0, 0.05) is 5.69 Å². The second kappa shape index (κ2) is 6.16. The second-order valence-corrected chi connectivity index (χ2v) is 6.32. The number of nitrogens with zero attached hydrogens (tertiary/aromatic N) is 3. The van der Waals surface area contributed by atoms with Gasteiger partial charge in [0.1, 0.15) is 17.8 Å². The molecule has 25 heavy (non-hydrogen) atoms. The summed E-state index contributed by atoms with van der Waals surface area (Å²) in [7, 11) is 0. The van der Waals surface area contributed by atoms with Crippen LogP contribution in [0.5, 0.6) is 0 Å². The van der Waals surface area contributed by atoms with Crippen molar-refractivity contribution in [3.8, 4) is 0 Å². The molecule has 0 saturated carbocycles. The van der Waals surface area contributed by atoms with Crippen LogP contribution >= 0.6 is 0 Å². The van der Waals surface area contributed by atoms with Crippen LogP contribution in [0.25, 0.3) is 11.1 Å². The van der Waals surface area contributed by atoms with Gasteiger partial charge in [-0.1, -0.05) is 22.9 Å². The maximum atomic E-state index is 12.6. The van der Waals surface area contributed by atoms with Crippen LogP contribution in [-0.2, 0) is 11.3 Å². The predicted molar refractivity (Wildman–Crippen MR) is 94.8 cm³/mol. The molecule has 0 bridgehead atoms. The quantitative estimate of drug-likeness (QED) is 0.791. The molecule has 0 saturated heterocycles. The van der Waals surface area contributed by atoms with Gasteiger partial charge in [0.15, 0.2) is 0 Å². The van der Waals surface area contributed by atoms with Gasteiger partial charge in [0.25, 0.3) is 11.3 Å². The minimum absolute atomic E-state index is 0.120. The number of rotatable bonds is 3. The molecule has 0 aliphatic rings. The van der Waals surface area contributed by atoms with Crippen molar-refractivity contribution in [2.75, 3.05) is 5.32 Å². The first-order valence-corrected chi connectivity index (χ1v) is 7.99. The molecule has 3 aromatic rings. The normalized spacial score (nSPS) is 11.1. The van der Waals surface area contributed by atoms with Gasteiger partial charge in [-0.2, -0.15) is 4.98 Å². The fraction of sp³-hybridized carbons (Fsp3) is 0.333. The van der Waals surface area contributed by atoms with Crippen LogP contribution in [0.2, 0.25) is 0 Å². The van der Waals surface area contributed by atoms with Gasteiger partial charge < -0.3 is 9.84 Å². The standard InChI is InChI=1S/C18H20N4O3/c1-9-6-10(2)16(11(3)7-9)20-14(23)8-22-13(5)19-17-15(18(22)24)12(4)21-25-17/h6-7H,8H2,1-5H3,(H,20,23). The molecule has 0 radical (unpaired) electrons. The Hall–Kier alpha value is -2.96. The fourth-order valence-electron chi connectivity index (χ4n) is 3.06. The number of benzene rings is 1. The van der Waals surface area contributed by atoms with Gasteiger partial charge in [-0.25, -0.2) is 0 Å². The minimum atomic E-state index is -0.325. The van der Waals surface area contributed by atoms with Crippen molar-refractivity contribution >= 4 is 22.7 Å². The molecule has 7 nitrogen and oxygen atoms in total. The molecule has 1 aromatic carbocycles. The number of hydrogen-bond acceptors (Lipinski definition) is 5. The average molecular weight is 340 g/mol. The van der Waals surface area contributed by atoms with Crippen molar-refractivity contribution in [2.24, 2.45) is 0 Å². The summed E-state index contributed by atoms with van der Waals surface area (Å²) < 4.78 is 6.37. The molecule has 130 valence electrons. The molecule has 0 fully saturated rings. The number of carbonyl (C=O) groups excluding carboxylic acids is 1. The molecule has 2 heterocycles. The molecule has 7 heteroatoms. The monoisotopic (exact) mass is 340 g/mol. The Bertz CT molecular complexity index is 1020. The number of anilines is 1. The first-order valence-electron chi connectivity index (χ1n) is 7.99. The predicted octanol–water partition coefficient (Wildman–Crippen LogP) is 2.57. The zero-order chi connectivity index (χ0) is 18.3. The zero-order valence-corrected chi connectivity index (χ0v) is 14.9. The Morgan fingerprint density at radius 1 is 1.16 bits per heavy atom. The highest BCUT2D eigenvalue weighted by molar-refractivity contribution is 5.92.